The van der Waals surface area contributed by atoms with Crippen molar-refractivity contribution in [1.29, 1.82) is 0 Å². The van der Waals surface area contributed by atoms with E-state index in [1.807, 2.05) is 11.8 Å². The summed E-state index contributed by atoms with van der Waals surface area (Å²) in [4.78, 5) is 30.7. The molecule has 0 radical (unpaired) electrons. The summed E-state index contributed by atoms with van der Waals surface area (Å²) in [5.41, 5.74) is 6.49. The number of nitrogens with zero attached hydrogens (tertiary/aromatic N) is 3. The van der Waals surface area contributed by atoms with Crippen molar-refractivity contribution in [3.63, 3.8) is 0 Å². The van der Waals surface area contributed by atoms with E-state index in [4.69, 9.17) is 5.73 Å². The highest BCUT2D eigenvalue weighted by atomic mass is 19.1. The molecular formula is C20H19FN4O3. The molecule has 3 heterocycles. The molecule has 2 aromatic heterocycles. The normalized spacial score (nSPS) is 21.9. The molecule has 2 aliphatic rings. The van der Waals surface area contributed by atoms with Gasteiger partial charge in [-0.15, -0.1) is 0 Å². The third-order valence-corrected chi connectivity index (χ3v) is 5.86. The molecule has 1 aromatic carbocycles. The molecule has 1 aliphatic carbocycles. The van der Waals surface area contributed by atoms with Gasteiger partial charge in [0.1, 0.15) is 17.0 Å². The SMILES string of the molecule is CC1C(N)CN1c1cc2nc3c(cc2cc1F)c(=O)c(C(=O)O)cn3C1CC1. The minimum atomic E-state index is -1.27. The van der Waals surface area contributed by atoms with Crippen LogP contribution in [0.5, 0.6) is 0 Å². The van der Waals surface area contributed by atoms with Crippen molar-refractivity contribution in [3.05, 3.63) is 46.0 Å². The quantitative estimate of drug-likeness (QED) is 0.674. The van der Waals surface area contributed by atoms with E-state index in [2.05, 4.69) is 4.98 Å². The number of benzene rings is 1. The molecule has 2 fully saturated rings. The van der Waals surface area contributed by atoms with Gasteiger partial charge < -0.3 is 20.3 Å². The van der Waals surface area contributed by atoms with E-state index in [1.165, 1.54) is 12.3 Å². The Kier molecular flexibility index (Phi) is 3.51. The number of carbonyl (C=O) groups is 1. The minimum absolute atomic E-state index is 0.00847. The Morgan fingerprint density at radius 3 is 2.68 bits per heavy atom. The number of pyridine rings is 2. The molecule has 0 bridgehead atoms. The highest BCUT2D eigenvalue weighted by Gasteiger charge is 2.34. The second kappa shape index (κ2) is 5.75. The van der Waals surface area contributed by atoms with Crippen LogP contribution in [0, 0.1) is 5.82 Å². The Bertz CT molecular complexity index is 1220. The first-order valence-corrected chi connectivity index (χ1v) is 9.30. The van der Waals surface area contributed by atoms with Crippen molar-refractivity contribution in [2.24, 2.45) is 5.73 Å². The summed E-state index contributed by atoms with van der Waals surface area (Å²) in [6.45, 7) is 2.52. The molecule has 1 saturated heterocycles. The first kappa shape index (κ1) is 17.1. The number of aromatic nitrogens is 2. The Balaban J connectivity index is 1.77. The first-order valence-electron chi connectivity index (χ1n) is 9.30. The summed E-state index contributed by atoms with van der Waals surface area (Å²) in [5, 5.41) is 10.0. The lowest BCUT2D eigenvalue weighted by Gasteiger charge is -2.46. The van der Waals surface area contributed by atoms with Crippen molar-refractivity contribution in [2.75, 3.05) is 11.4 Å². The Morgan fingerprint density at radius 1 is 1.32 bits per heavy atom. The highest BCUT2D eigenvalue weighted by molar-refractivity contribution is 5.97. The number of aromatic carboxylic acids is 1. The van der Waals surface area contributed by atoms with Crippen molar-refractivity contribution >= 4 is 33.6 Å². The van der Waals surface area contributed by atoms with Gasteiger partial charge in [0, 0.05) is 36.3 Å². The van der Waals surface area contributed by atoms with Crippen LogP contribution in [-0.2, 0) is 0 Å². The van der Waals surface area contributed by atoms with Crippen molar-refractivity contribution < 1.29 is 14.3 Å². The minimum Gasteiger partial charge on any atom is -0.477 e. The van der Waals surface area contributed by atoms with Crippen LogP contribution in [0.1, 0.15) is 36.2 Å². The zero-order valence-corrected chi connectivity index (χ0v) is 15.2. The molecule has 28 heavy (non-hydrogen) atoms. The van der Waals surface area contributed by atoms with Crippen LogP contribution >= 0.6 is 0 Å². The molecule has 2 unspecified atom stereocenters. The third-order valence-electron chi connectivity index (χ3n) is 5.86. The molecule has 3 N–H and O–H groups in total. The largest absolute Gasteiger partial charge is 0.477 e. The molecule has 7 nitrogen and oxygen atoms in total. The van der Waals surface area contributed by atoms with Crippen LogP contribution < -0.4 is 16.1 Å². The fourth-order valence-corrected chi connectivity index (χ4v) is 3.90. The number of carboxylic acid groups (broad SMARTS) is 1. The van der Waals surface area contributed by atoms with Gasteiger partial charge in [0.15, 0.2) is 0 Å². The van der Waals surface area contributed by atoms with Gasteiger partial charge in [-0.05, 0) is 38.0 Å². The van der Waals surface area contributed by atoms with E-state index in [0.717, 1.165) is 12.8 Å². The van der Waals surface area contributed by atoms with Gasteiger partial charge in [-0.3, -0.25) is 4.79 Å². The number of nitrogens with two attached hydrogens (primary N) is 1. The van der Waals surface area contributed by atoms with Crippen molar-refractivity contribution in [3.8, 4) is 0 Å². The van der Waals surface area contributed by atoms with Gasteiger partial charge in [-0.25, -0.2) is 14.2 Å². The molecule has 3 aromatic rings. The maximum Gasteiger partial charge on any atom is 0.341 e. The van der Waals surface area contributed by atoms with Crippen molar-refractivity contribution in [2.45, 2.75) is 37.9 Å². The number of fused-ring (bicyclic) bond motifs is 2. The van der Waals surface area contributed by atoms with Gasteiger partial charge in [-0.2, -0.15) is 0 Å². The van der Waals surface area contributed by atoms with Gasteiger partial charge in [0.25, 0.3) is 0 Å². The Morgan fingerprint density at radius 2 is 2.07 bits per heavy atom. The average Bonchev–Trinajstić information content (AvgIpc) is 3.49. The molecule has 1 aliphatic heterocycles. The fourth-order valence-electron chi connectivity index (χ4n) is 3.90. The predicted octanol–water partition coefficient (Wildman–Crippen LogP) is 2.26. The monoisotopic (exact) mass is 382 g/mol. The lowest BCUT2D eigenvalue weighted by atomic mass is 9.97. The molecule has 2 atom stereocenters. The molecule has 1 saturated carbocycles. The smallest absolute Gasteiger partial charge is 0.341 e. The lowest BCUT2D eigenvalue weighted by molar-refractivity contribution is 0.0695. The number of hydrogen-bond acceptors (Lipinski definition) is 5. The van der Waals surface area contributed by atoms with Crippen LogP contribution in [0.15, 0.2) is 29.2 Å². The fraction of sp³-hybridized carbons (Fsp3) is 0.350. The Hall–Kier alpha value is -3.00. The predicted molar refractivity (Wildman–Crippen MR) is 103 cm³/mol. The second-order valence-corrected chi connectivity index (χ2v) is 7.73. The Labute approximate surface area is 159 Å². The molecule has 144 valence electrons. The number of rotatable bonds is 3. The summed E-state index contributed by atoms with van der Waals surface area (Å²) in [5.74, 6) is -1.68. The van der Waals surface area contributed by atoms with Gasteiger partial charge in [-0.1, -0.05) is 0 Å². The van der Waals surface area contributed by atoms with E-state index in [9.17, 15) is 19.1 Å². The topological polar surface area (TPSA) is 101 Å². The molecular weight excluding hydrogens is 363 g/mol. The maximum absolute atomic E-state index is 14.7. The van der Waals surface area contributed by atoms with Crippen LogP contribution in [-0.4, -0.2) is 39.3 Å². The van der Waals surface area contributed by atoms with Crippen LogP contribution in [0.3, 0.4) is 0 Å². The lowest BCUT2D eigenvalue weighted by Crippen LogP contribution is -2.63. The van der Waals surface area contributed by atoms with Gasteiger partial charge in [0.05, 0.1) is 16.6 Å². The molecule has 5 rings (SSSR count). The highest BCUT2D eigenvalue weighted by Crippen LogP contribution is 2.37. The summed E-state index contributed by atoms with van der Waals surface area (Å²) < 4.78 is 16.5. The second-order valence-electron chi connectivity index (χ2n) is 7.73. The number of halogens is 1. The number of carboxylic acids is 1. The van der Waals surface area contributed by atoms with Crippen LogP contribution in [0.25, 0.3) is 21.9 Å². The third kappa shape index (κ3) is 2.41. The van der Waals surface area contributed by atoms with E-state index in [1.54, 1.807) is 16.7 Å². The number of hydrogen-bond donors (Lipinski definition) is 2. The zero-order valence-electron chi connectivity index (χ0n) is 15.2. The first-order chi connectivity index (χ1) is 13.3. The van der Waals surface area contributed by atoms with E-state index >= 15 is 0 Å². The average molecular weight is 382 g/mol. The molecule has 0 amide bonds. The van der Waals surface area contributed by atoms with E-state index in [-0.39, 0.29) is 29.1 Å². The summed E-state index contributed by atoms with van der Waals surface area (Å²) in [6, 6.07) is 4.76. The zero-order chi connectivity index (χ0) is 19.7. The van der Waals surface area contributed by atoms with Crippen molar-refractivity contribution in [1.82, 2.24) is 9.55 Å². The summed E-state index contributed by atoms with van der Waals surface area (Å²) >= 11 is 0. The van der Waals surface area contributed by atoms with Gasteiger partial charge in [0.2, 0.25) is 5.43 Å². The van der Waals surface area contributed by atoms with E-state index < -0.39 is 17.2 Å². The van der Waals surface area contributed by atoms with E-state index in [0.29, 0.717) is 28.8 Å². The summed E-state index contributed by atoms with van der Waals surface area (Å²) in [7, 11) is 0. The molecule has 0 spiro atoms. The van der Waals surface area contributed by atoms with Gasteiger partial charge >= 0.3 is 5.97 Å². The number of anilines is 1. The van der Waals surface area contributed by atoms with Crippen LogP contribution in [0.4, 0.5) is 10.1 Å². The summed E-state index contributed by atoms with van der Waals surface area (Å²) in [6.07, 6.45) is 3.20. The maximum atomic E-state index is 14.7. The molecule has 8 heteroatoms. The van der Waals surface area contributed by atoms with Crippen LogP contribution in [0.2, 0.25) is 0 Å². The standard InChI is InChI=1S/C20H19FN4O3/c1-9-15(22)8-24(9)17-6-16-10(5-14(17)21)4-12-18(26)13(20(27)28)7-25(11-2-3-11)19(12)23-16/h4-7,9,11,15H,2-3,8,22H2,1H3,(H,27,28).